The van der Waals surface area contributed by atoms with Crippen LogP contribution in [-0.2, 0) is 19.1 Å². The van der Waals surface area contributed by atoms with Crippen molar-refractivity contribution in [1.29, 1.82) is 0 Å². The third-order valence-corrected chi connectivity index (χ3v) is 2.41. The van der Waals surface area contributed by atoms with Crippen molar-refractivity contribution in [2.24, 2.45) is 11.7 Å². The highest BCUT2D eigenvalue weighted by molar-refractivity contribution is 5.88. The second kappa shape index (κ2) is 8.77. The number of aliphatic carboxylic acids is 1. The topological polar surface area (TPSA) is 139 Å². The van der Waals surface area contributed by atoms with Crippen molar-refractivity contribution in [2.45, 2.75) is 26.3 Å². The van der Waals surface area contributed by atoms with Crippen molar-refractivity contribution in [1.82, 2.24) is 10.2 Å². The Labute approximate surface area is 122 Å². The third kappa shape index (κ3) is 7.75. The predicted octanol–water partition coefficient (Wildman–Crippen LogP) is -0.844. The maximum Gasteiger partial charge on any atom is 0.326 e. The fourth-order valence-electron chi connectivity index (χ4n) is 1.54. The first-order valence-corrected chi connectivity index (χ1v) is 6.30. The summed E-state index contributed by atoms with van der Waals surface area (Å²) < 4.78 is 4.36. The molecule has 0 aliphatic rings. The Morgan fingerprint density at radius 3 is 2.24 bits per heavy atom. The number of methoxy groups -OCH3 is 1. The number of hydrogen-bond acceptors (Lipinski definition) is 5. The average molecular weight is 303 g/mol. The Kier molecular flexibility index (Phi) is 7.80. The first-order valence-electron chi connectivity index (χ1n) is 6.30. The van der Waals surface area contributed by atoms with Crippen molar-refractivity contribution in [3.05, 3.63) is 0 Å². The maximum atomic E-state index is 12.0. The lowest BCUT2D eigenvalue weighted by Crippen LogP contribution is -2.51. The van der Waals surface area contributed by atoms with Crippen LogP contribution in [-0.4, -0.2) is 60.1 Å². The molecule has 9 heteroatoms. The summed E-state index contributed by atoms with van der Waals surface area (Å²) in [7, 11) is 1.11. The van der Waals surface area contributed by atoms with Crippen molar-refractivity contribution in [3.8, 4) is 0 Å². The number of amides is 3. The second-order valence-electron chi connectivity index (χ2n) is 4.86. The van der Waals surface area contributed by atoms with Crippen molar-refractivity contribution in [3.63, 3.8) is 0 Å². The molecule has 4 N–H and O–H groups in total. The van der Waals surface area contributed by atoms with E-state index in [-0.39, 0.29) is 19.0 Å². The highest BCUT2D eigenvalue weighted by Crippen LogP contribution is 2.02. The smallest absolute Gasteiger partial charge is 0.326 e. The molecule has 0 aromatic heterocycles. The zero-order valence-electron chi connectivity index (χ0n) is 12.3. The summed E-state index contributed by atoms with van der Waals surface area (Å²) in [4.78, 5) is 46.2. The molecule has 0 aromatic carbocycles. The minimum Gasteiger partial charge on any atom is -0.480 e. The number of rotatable bonds is 8. The monoisotopic (exact) mass is 303 g/mol. The van der Waals surface area contributed by atoms with Gasteiger partial charge in [-0.2, -0.15) is 0 Å². The van der Waals surface area contributed by atoms with Crippen LogP contribution in [0.25, 0.3) is 0 Å². The lowest BCUT2D eigenvalue weighted by molar-refractivity contribution is -0.147. The Morgan fingerprint density at radius 1 is 1.29 bits per heavy atom. The molecule has 0 rings (SSSR count). The number of hydrogen-bond donors (Lipinski definition) is 3. The lowest BCUT2D eigenvalue weighted by Gasteiger charge is -2.25. The Morgan fingerprint density at radius 2 is 1.86 bits per heavy atom. The Bertz CT molecular complexity index is 410. The molecule has 0 heterocycles. The number of ether oxygens (including phenoxy) is 1. The standard InChI is InChI=1S/C12H21N3O6/c1-7(2)5-15(6-9(13)16)12(20)14-8(11(18)19)4-10(17)21-3/h7-8H,4-6H2,1-3H3,(H2,13,16)(H,14,20)(H,18,19)/t8-/m0/s1. The Hall–Kier alpha value is -2.32. The molecule has 0 fully saturated rings. The van der Waals surface area contributed by atoms with Crippen LogP contribution in [0.5, 0.6) is 0 Å². The largest absolute Gasteiger partial charge is 0.480 e. The quantitative estimate of drug-likeness (QED) is 0.499. The molecule has 0 radical (unpaired) electrons. The van der Waals surface area contributed by atoms with Crippen LogP contribution in [0.15, 0.2) is 0 Å². The van der Waals surface area contributed by atoms with Gasteiger partial charge in [-0.1, -0.05) is 13.8 Å². The summed E-state index contributed by atoms with van der Waals surface area (Å²) in [5.74, 6) is -2.81. The SMILES string of the molecule is COC(=O)C[C@H](NC(=O)N(CC(N)=O)CC(C)C)C(=O)O. The average Bonchev–Trinajstić information content (AvgIpc) is 2.35. The highest BCUT2D eigenvalue weighted by atomic mass is 16.5. The molecule has 0 saturated heterocycles. The highest BCUT2D eigenvalue weighted by Gasteiger charge is 2.26. The minimum atomic E-state index is -1.44. The molecule has 0 bridgehead atoms. The van der Waals surface area contributed by atoms with E-state index in [2.05, 4.69) is 10.1 Å². The molecule has 3 amide bonds. The molecule has 9 nitrogen and oxygen atoms in total. The van der Waals surface area contributed by atoms with E-state index >= 15 is 0 Å². The number of carbonyl (C=O) groups is 4. The van der Waals surface area contributed by atoms with Gasteiger partial charge in [-0.05, 0) is 5.92 Å². The summed E-state index contributed by atoms with van der Waals surface area (Å²) in [6.45, 7) is 3.53. The van der Waals surface area contributed by atoms with Crippen molar-refractivity contribution in [2.75, 3.05) is 20.2 Å². The summed E-state index contributed by atoms with van der Waals surface area (Å²) in [5.41, 5.74) is 5.05. The molecule has 0 aromatic rings. The number of primary amides is 1. The number of carboxylic acids is 1. The molecular formula is C12H21N3O6. The van der Waals surface area contributed by atoms with Gasteiger partial charge in [0.15, 0.2) is 0 Å². The molecule has 0 aliphatic carbocycles. The molecule has 120 valence electrons. The van der Waals surface area contributed by atoms with E-state index in [0.717, 1.165) is 12.0 Å². The number of nitrogens with one attached hydrogen (secondary N) is 1. The van der Waals surface area contributed by atoms with Crippen molar-refractivity contribution >= 4 is 23.9 Å². The molecule has 0 spiro atoms. The van der Waals surface area contributed by atoms with E-state index in [1.807, 2.05) is 13.8 Å². The number of carboxylic acid groups (broad SMARTS) is 1. The first-order chi connectivity index (χ1) is 9.67. The number of carbonyl (C=O) groups excluding carboxylic acids is 3. The first kappa shape index (κ1) is 18.7. The van der Waals surface area contributed by atoms with Crippen LogP contribution in [0, 0.1) is 5.92 Å². The van der Waals surface area contributed by atoms with Crippen LogP contribution in [0.1, 0.15) is 20.3 Å². The number of esters is 1. The van der Waals surface area contributed by atoms with E-state index in [1.165, 1.54) is 0 Å². The van der Waals surface area contributed by atoms with Gasteiger partial charge < -0.3 is 25.8 Å². The number of nitrogens with two attached hydrogens (primary N) is 1. The van der Waals surface area contributed by atoms with Gasteiger partial charge in [0, 0.05) is 6.54 Å². The van der Waals surface area contributed by atoms with Crippen LogP contribution >= 0.6 is 0 Å². The van der Waals surface area contributed by atoms with E-state index in [1.54, 1.807) is 0 Å². The molecular weight excluding hydrogens is 282 g/mol. The van der Waals surface area contributed by atoms with E-state index in [9.17, 15) is 19.2 Å². The molecule has 1 atom stereocenters. The zero-order chi connectivity index (χ0) is 16.6. The van der Waals surface area contributed by atoms with Crippen LogP contribution in [0.3, 0.4) is 0 Å². The van der Waals surface area contributed by atoms with Crippen LogP contribution < -0.4 is 11.1 Å². The van der Waals surface area contributed by atoms with E-state index < -0.39 is 36.3 Å². The minimum absolute atomic E-state index is 0.0546. The van der Waals surface area contributed by atoms with E-state index in [4.69, 9.17) is 10.8 Å². The normalized spacial score (nSPS) is 11.6. The fraction of sp³-hybridized carbons (Fsp3) is 0.667. The second-order valence-corrected chi connectivity index (χ2v) is 4.86. The number of nitrogens with zero attached hydrogens (tertiary/aromatic N) is 1. The molecule has 0 aliphatic heterocycles. The lowest BCUT2D eigenvalue weighted by atomic mass is 10.2. The summed E-state index contributed by atoms with van der Waals surface area (Å²) in [5, 5.41) is 11.2. The van der Waals surface area contributed by atoms with Gasteiger partial charge in [-0.3, -0.25) is 9.59 Å². The summed E-state index contributed by atoms with van der Waals surface area (Å²) in [6, 6.07) is -2.22. The van der Waals surface area contributed by atoms with Gasteiger partial charge in [0.1, 0.15) is 12.6 Å². The van der Waals surface area contributed by atoms with Gasteiger partial charge in [-0.15, -0.1) is 0 Å². The fourth-order valence-corrected chi connectivity index (χ4v) is 1.54. The summed E-state index contributed by atoms with van der Waals surface area (Å²) in [6.07, 6.45) is -0.510. The Balaban J connectivity index is 4.85. The van der Waals surface area contributed by atoms with Crippen molar-refractivity contribution < 1.29 is 29.0 Å². The van der Waals surface area contributed by atoms with Gasteiger partial charge in [-0.25, -0.2) is 9.59 Å². The molecule has 0 unspecified atom stereocenters. The van der Waals surface area contributed by atoms with Gasteiger partial charge in [0.25, 0.3) is 0 Å². The summed E-state index contributed by atoms with van der Waals surface area (Å²) >= 11 is 0. The van der Waals surface area contributed by atoms with Crippen LogP contribution in [0.2, 0.25) is 0 Å². The predicted molar refractivity (Wildman–Crippen MR) is 72.2 cm³/mol. The zero-order valence-corrected chi connectivity index (χ0v) is 12.3. The van der Waals surface area contributed by atoms with E-state index in [0.29, 0.717) is 0 Å². The van der Waals surface area contributed by atoms with Gasteiger partial charge in [0.05, 0.1) is 13.5 Å². The van der Waals surface area contributed by atoms with Crippen LogP contribution in [0.4, 0.5) is 4.79 Å². The number of urea groups is 1. The molecule has 21 heavy (non-hydrogen) atoms. The third-order valence-electron chi connectivity index (χ3n) is 2.41. The molecule has 0 saturated carbocycles. The van der Waals surface area contributed by atoms with Gasteiger partial charge in [0.2, 0.25) is 5.91 Å². The maximum absolute atomic E-state index is 12.0. The van der Waals surface area contributed by atoms with Gasteiger partial charge >= 0.3 is 18.0 Å².